The van der Waals surface area contributed by atoms with E-state index in [1.165, 1.54) is 24.9 Å². The van der Waals surface area contributed by atoms with Crippen molar-refractivity contribution in [3.63, 3.8) is 0 Å². The molecular weight excluding hydrogens is 338 g/mol. The lowest BCUT2D eigenvalue weighted by Crippen LogP contribution is -2.43. The van der Waals surface area contributed by atoms with Crippen molar-refractivity contribution < 1.29 is 9.21 Å². The van der Waals surface area contributed by atoms with E-state index in [2.05, 4.69) is 45.4 Å². The summed E-state index contributed by atoms with van der Waals surface area (Å²) in [5, 5.41) is 2.95. The minimum absolute atomic E-state index is 0.101. The quantitative estimate of drug-likeness (QED) is 0.818. The van der Waals surface area contributed by atoms with Crippen LogP contribution in [0.25, 0.3) is 0 Å². The van der Waals surface area contributed by atoms with Gasteiger partial charge >= 0.3 is 0 Å². The van der Waals surface area contributed by atoms with Gasteiger partial charge in [-0.25, -0.2) is 0 Å². The minimum atomic E-state index is 0.101. The van der Waals surface area contributed by atoms with Crippen molar-refractivity contribution in [2.75, 3.05) is 26.2 Å². The Bertz CT molecular complexity index is 716. The number of nitrogens with zero attached hydrogens (tertiary/aromatic N) is 2. The Kier molecular flexibility index (Phi) is 5.90. The first kappa shape index (κ1) is 18.3. The largest absolute Gasteiger partial charge is 0.467 e. The molecule has 1 N–H and O–H groups in total. The monoisotopic (exact) mass is 367 g/mol. The molecule has 3 fully saturated rings. The summed E-state index contributed by atoms with van der Waals surface area (Å²) in [5.74, 6) is 1.62. The number of amides is 1. The second kappa shape index (κ2) is 8.72. The van der Waals surface area contributed by atoms with E-state index in [0.717, 1.165) is 37.9 Å². The molecule has 0 spiro atoms. The van der Waals surface area contributed by atoms with Crippen LogP contribution >= 0.6 is 0 Å². The van der Waals surface area contributed by atoms with Gasteiger partial charge in [-0.1, -0.05) is 30.3 Å². The maximum atomic E-state index is 12.2. The highest BCUT2D eigenvalue weighted by Crippen LogP contribution is 2.29. The predicted molar refractivity (Wildman–Crippen MR) is 105 cm³/mol. The fraction of sp³-hybridized carbons (Fsp3) is 0.500. The van der Waals surface area contributed by atoms with Gasteiger partial charge in [-0.3, -0.25) is 9.69 Å². The van der Waals surface area contributed by atoms with E-state index in [4.69, 9.17) is 4.42 Å². The fourth-order valence-electron chi connectivity index (χ4n) is 4.42. The molecule has 4 heterocycles. The Morgan fingerprint density at radius 2 is 1.96 bits per heavy atom. The summed E-state index contributed by atoms with van der Waals surface area (Å²) in [6, 6.07) is 15.1. The average Bonchev–Trinajstić information content (AvgIpc) is 3.06. The second-order valence-electron chi connectivity index (χ2n) is 7.88. The zero-order chi connectivity index (χ0) is 18.5. The van der Waals surface area contributed by atoms with Crippen LogP contribution in [0.2, 0.25) is 0 Å². The van der Waals surface area contributed by atoms with E-state index in [9.17, 15) is 4.79 Å². The second-order valence-corrected chi connectivity index (χ2v) is 7.88. The van der Waals surface area contributed by atoms with E-state index in [-0.39, 0.29) is 5.91 Å². The number of piperidine rings is 1. The van der Waals surface area contributed by atoms with E-state index >= 15 is 0 Å². The molecular formula is C22H29N3O2. The highest BCUT2D eigenvalue weighted by Gasteiger charge is 2.34. The van der Waals surface area contributed by atoms with Crippen molar-refractivity contribution in [2.24, 2.45) is 5.92 Å². The molecule has 3 aliphatic heterocycles. The maximum Gasteiger partial charge on any atom is 0.221 e. The first-order chi connectivity index (χ1) is 13.3. The lowest BCUT2D eigenvalue weighted by molar-refractivity contribution is -0.121. The van der Waals surface area contributed by atoms with Gasteiger partial charge in [0, 0.05) is 45.2 Å². The molecule has 0 saturated carbocycles. The van der Waals surface area contributed by atoms with Gasteiger partial charge in [-0.2, -0.15) is 0 Å². The minimum Gasteiger partial charge on any atom is -0.467 e. The first-order valence-corrected chi connectivity index (χ1v) is 10.1. The molecule has 0 radical (unpaired) electrons. The number of hydrogen-bond donors (Lipinski definition) is 1. The molecule has 1 aromatic carbocycles. The number of furan rings is 1. The van der Waals surface area contributed by atoms with E-state index in [1.807, 2.05) is 12.1 Å². The van der Waals surface area contributed by atoms with Crippen LogP contribution in [-0.4, -0.2) is 47.9 Å². The Balaban J connectivity index is 1.26. The van der Waals surface area contributed by atoms with Gasteiger partial charge in [-0.15, -0.1) is 0 Å². The van der Waals surface area contributed by atoms with Crippen LogP contribution in [0.5, 0.6) is 0 Å². The third-order valence-corrected chi connectivity index (χ3v) is 5.83. The molecule has 0 unspecified atom stereocenters. The number of rotatable bonds is 7. The van der Waals surface area contributed by atoms with Crippen LogP contribution in [0.15, 0.2) is 53.1 Å². The third kappa shape index (κ3) is 4.99. The molecule has 144 valence electrons. The van der Waals surface area contributed by atoms with Crippen LogP contribution in [0.1, 0.15) is 30.6 Å². The fourth-order valence-corrected chi connectivity index (χ4v) is 4.42. The highest BCUT2D eigenvalue weighted by molar-refractivity contribution is 5.75. The Morgan fingerprint density at radius 1 is 1.07 bits per heavy atom. The third-order valence-electron chi connectivity index (χ3n) is 5.83. The lowest BCUT2D eigenvalue weighted by Gasteiger charge is -2.36. The zero-order valence-corrected chi connectivity index (χ0v) is 15.8. The summed E-state index contributed by atoms with van der Waals surface area (Å²) in [4.78, 5) is 17.3. The van der Waals surface area contributed by atoms with Crippen LogP contribution in [0.3, 0.4) is 0 Å². The Labute approximate surface area is 161 Å². The number of carbonyl (C=O) groups is 1. The van der Waals surface area contributed by atoms with Gasteiger partial charge in [0.25, 0.3) is 0 Å². The van der Waals surface area contributed by atoms with E-state index in [0.29, 0.717) is 19.0 Å². The Hall–Kier alpha value is -2.11. The van der Waals surface area contributed by atoms with Gasteiger partial charge in [-0.05, 0) is 36.5 Å². The molecule has 1 amide bonds. The molecule has 1 aromatic heterocycles. The smallest absolute Gasteiger partial charge is 0.221 e. The number of benzene rings is 1. The van der Waals surface area contributed by atoms with E-state index < -0.39 is 0 Å². The standard InChI is InChI=1S/C22H29N3O2/c26-22(23-13-21-7-4-12-27-21)10-11-24-14-19-8-9-20(17-24)25(16-19)15-18-5-2-1-3-6-18/h1-7,12,19-20H,8-11,13-17H2,(H,23,26)/t19-,20+/m0/s1. The summed E-state index contributed by atoms with van der Waals surface area (Å²) in [6.07, 6.45) is 4.78. The molecule has 3 aliphatic rings. The molecule has 5 rings (SSSR count). The number of carbonyl (C=O) groups excluding carboxylic acids is 1. The van der Waals surface area contributed by atoms with Crippen molar-refractivity contribution in [2.45, 2.75) is 38.4 Å². The van der Waals surface area contributed by atoms with Gasteiger partial charge < -0.3 is 14.6 Å². The zero-order valence-electron chi connectivity index (χ0n) is 15.8. The average molecular weight is 367 g/mol. The summed E-state index contributed by atoms with van der Waals surface area (Å²) in [5.41, 5.74) is 1.40. The molecule has 0 aliphatic carbocycles. The molecule has 5 heteroatoms. The van der Waals surface area contributed by atoms with Gasteiger partial charge in [0.05, 0.1) is 12.8 Å². The van der Waals surface area contributed by atoms with Crippen LogP contribution in [0.4, 0.5) is 0 Å². The van der Waals surface area contributed by atoms with Crippen LogP contribution < -0.4 is 5.32 Å². The summed E-state index contributed by atoms with van der Waals surface area (Å²) in [7, 11) is 0. The molecule has 5 nitrogen and oxygen atoms in total. The van der Waals surface area contributed by atoms with Crippen molar-refractivity contribution in [1.29, 1.82) is 0 Å². The number of hydrogen-bond acceptors (Lipinski definition) is 4. The summed E-state index contributed by atoms with van der Waals surface area (Å²) in [6.45, 7) is 5.74. The SMILES string of the molecule is O=C(CCN1C[C@@H]2CC[C@H](C1)N(Cc1ccccc1)C2)NCc1ccco1. The lowest BCUT2D eigenvalue weighted by atomic mass is 9.94. The normalized spacial score (nSPS) is 23.3. The highest BCUT2D eigenvalue weighted by atomic mass is 16.3. The van der Waals surface area contributed by atoms with Crippen molar-refractivity contribution in [3.05, 3.63) is 60.1 Å². The van der Waals surface area contributed by atoms with Crippen molar-refractivity contribution >= 4 is 5.91 Å². The summed E-state index contributed by atoms with van der Waals surface area (Å²) >= 11 is 0. The van der Waals surface area contributed by atoms with Crippen molar-refractivity contribution in [3.8, 4) is 0 Å². The molecule has 2 bridgehead atoms. The Morgan fingerprint density at radius 3 is 2.78 bits per heavy atom. The van der Waals surface area contributed by atoms with Gasteiger partial charge in [0.2, 0.25) is 5.91 Å². The number of fused-ring (bicyclic) bond motifs is 4. The van der Waals surface area contributed by atoms with Gasteiger partial charge in [0.1, 0.15) is 5.76 Å². The van der Waals surface area contributed by atoms with E-state index in [1.54, 1.807) is 6.26 Å². The van der Waals surface area contributed by atoms with Crippen LogP contribution in [-0.2, 0) is 17.9 Å². The molecule has 27 heavy (non-hydrogen) atoms. The van der Waals surface area contributed by atoms with Gasteiger partial charge in [0.15, 0.2) is 0 Å². The van der Waals surface area contributed by atoms with Crippen LogP contribution in [0, 0.1) is 5.92 Å². The summed E-state index contributed by atoms with van der Waals surface area (Å²) < 4.78 is 5.26. The number of nitrogens with one attached hydrogen (secondary N) is 1. The molecule has 2 atom stereocenters. The predicted octanol–water partition coefficient (Wildman–Crippen LogP) is 2.88. The van der Waals surface area contributed by atoms with Crippen molar-refractivity contribution in [1.82, 2.24) is 15.1 Å². The molecule has 3 saturated heterocycles. The topological polar surface area (TPSA) is 48.7 Å². The first-order valence-electron chi connectivity index (χ1n) is 10.1. The maximum absolute atomic E-state index is 12.2. The molecule has 2 aromatic rings.